The molecule has 0 aliphatic heterocycles. The van der Waals surface area contributed by atoms with E-state index in [1.54, 1.807) is 32.9 Å². The number of hydrogen-bond donors (Lipinski definition) is 0. The van der Waals surface area contributed by atoms with Crippen molar-refractivity contribution >= 4 is 21.8 Å². The second-order valence-electron chi connectivity index (χ2n) is 6.36. The largest absolute Gasteiger partial charge is 0.465 e. The van der Waals surface area contributed by atoms with E-state index < -0.39 is 27.4 Å². The van der Waals surface area contributed by atoms with Crippen molar-refractivity contribution in [3.05, 3.63) is 29.8 Å². The Morgan fingerprint density at radius 1 is 1.17 bits per heavy atom. The number of methoxy groups -OCH3 is 1. The molecule has 0 spiro atoms. The molecule has 23 heavy (non-hydrogen) atoms. The first-order valence-corrected chi connectivity index (χ1v) is 8.91. The van der Waals surface area contributed by atoms with Crippen LogP contribution in [0.4, 0.5) is 4.79 Å². The van der Waals surface area contributed by atoms with Gasteiger partial charge in [0.25, 0.3) is 0 Å². The molecule has 1 aromatic carbocycles. The van der Waals surface area contributed by atoms with Gasteiger partial charge in [0.15, 0.2) is 0 Å². The highest BCUT2D eigenvalue weighted by atomic mass is 32.2. The molecule has 0 radical (unpaired) electrons. The number of nitrogens with zero attached hydrogens (tertiary/aromatic N) is 1. The number of rotatable bonds is 3. The van der Waals surface area contributed by atoms with Crippen LogP contribution >= 0.6 is 0 Å². The molecule has 1 aliphatic rings. The Morgan fingerprint density at radius 3 is 2.17 bits per heavy atom. The summed E-state index contributed by atoms with van der Waals surface area (Å²) in [6.07, 6.45) is 0.680. The van der Waals surface area contributed by atoms with E-state index in [0.717, 1.165) is 12.8 Å². The van der Waals surface area contributed by atoms with Gasteiger partial charge >= 0.3 is 12.1 Å². The molecule has 0 heterocycles. The second kappa shape index (κ2) is 6.31. The van der Waals surface area contributed by atoms with Crippen molar-refractivity contribution < 1.29 is 23.3 Å². The summed E-state index contributed by atoms with van der Waals surface area (Å²) in [6, 6.07) is 6.16. The molecule has 1 fully saturated rings. The number of amides is 1. The van der Waals surface area contributed by atoms with E-state index in [0.29, 0.717) is 10.5 Å². The molecule has 1 unspecified atom stereocenters. The summed E-state index contributed by atoms with van der Waals surface area (Å²) in [4.78, 5) is 23.9. The Hall–Kier alpha value is -1.89. The van der Waals surface area contributed by atoms with Gasteiger partial charge in [-0.05, 0) is 57.9 Å². The molecule has 7 heteroatoms. The van der Waals surface area contributed by atoms with E-state index in [4.69, 9.17) is 4.74 Å². The van der Waals surface area contributed by atoms with Gasteiger partial charge in [-0.2, -0.15) is 0 Å². The molecule has 0 N–H and O–H groups in total. The van der Waals surface area contributed by atoms with E-state index in [2.05, 4.69) is 9.10 Å². The van der Waals surface area contributed by atoms with Crippen molar-refractivity contribution in [1.29, 1.82) is 0 Å². The molecular weight excluding hydrogens is 318 g/mol. The standard InChI is InChI=1S/C16H21NO5S/c1-16(2,3)22-15(19)17-23(20,13-9-10-13)12-7-5-11(6-8-12)14(18)21-4/h5-8,13H,9-10H2,1-4H3. The second-order valence-corrected chi connectivity index (χ2v) is 8.81. The lowest BCUT2D eigenvalue weighted by Crippen LogP contribution is -2.23. The Morgan fingerprint density at radius 2 is 1.74 bits per heavy atom. The van der Waals surface area contributed by atoms with Crippen LogP contribution in [0.2, 0.25) is 0 Å². The van der Waals surface area contributed by atoms with Gasteiger partial charge in [0.1, 0.15) is 5.60 Å². The van der Waals surface area contributed by atoms with Gasteiger partial charge in [-0.3, -0.25) is 0 Å². The van der Waals surface area contributed by atoms with Crippen LogP contribution in [-0.4, -0.2) is 34.2 Å². The molecule has 126 valence electrons. The Bertz CT molecular complexity index is 720. The average molecular weight is 339 g/mol. The van der Waals surface area contributed by atoms with E-state index >= 15 is 0 Å². The molecule has 1 atom stereocenters. The topological polar surface area (TPSA) is 82.0 Å². The molecule has 1 saturated carbocycles. The maximum atomic E-state index is 13.2. The van der Waals surface area contributed by atoms with E-state index in [1.165, 1.54) is 19.2 Å². The molecule has 0 saturated heterocycles. The van der Waals surface area contributed by atoms with Gasteiger partial charge in [0.05, 0.1) is 22.4 Å². The molecule has 1 aromatic rings. The maximum Gasteiger partial charge on any atom is 0.442 e. The van der Waals surface area contributed by atoms with Crippen LogP contribution in [-0.2, 0) is 19.2 Å². The molecule has 6 nitrogen and oxygen atoms in total. The monoisotopic (exact) mass is 339 g/mol. The third-order valence-electron chi connectivity index (χ3n) is 3.19. The fourth-order valence-corrected chi connectivity index (χ4v) is 4.20. The highest BCUT2D eigenvalue weighted by Gasteiger charge is 2.36. The first-order chi connectivity index (χ1) is 10.7. The van der Waals surface area contributed by atoms with Gasteiger partial charge in [-0.25, -0.2) is 13.8 Å². The zero-order valence-electron chi connectivity index (χ0n) is 13.7. The summed E-state index contributed by atoms with van der Waals surface area (Å²) in [5, 5.41) is -0.154. The van der Waals surface area contributed by atoms with Crippen LogP contribution in [0.5, 0.6) is 0 Å². The van der Waals surface area contributed by atoms with E-state index in [9.17, 15) is 13.8 Å². The van der Waals surface area contributed by atoms with Crippen molar-refractivity contribution in [2.75, 3.05) is 7.11 Å². The van der Waals surface area contributed by atoms with Gasteiger partial charge < -0.3 is 9.47 Å². The third kappa shape index (κ3) is 4.31. The predicted octanol–water partition coefficient (Wildman–Crippen LogP) is 3.40. The minimum atomic E-state index is -2.90. The summed E-state index contributed by atoms with van der Waals surface area (Å²) in [5.74, 6) is -0.474. The fourth-order valence-electron chi connectivity index (χ4n) is 2.00. The SMILES string of the molecule is COC(=O)c1ccc(S(=O)(=NC(=O)OC(C)(C)C)C2CC2)cc1. The lowest BCUT2D eigenvalue weighted by atomic mass is 10.2. The fraction of sp³-hybridized carbons (Fsp3) is 0.500. The van der Waals surface area contributed by atoms with Crippen LogP contribution in [0.1, 0.15) is 44.0 Å². The minimum Gasteiger partial charge on any atom is -0.465 e. The molecular formula is C16H21NO5S. The number of carbonyl (C=O) groups is 2. The molecule has 0 bridgehead atoms. The van der Waals surface area contributed by atoms with E-state index in [-0.39, 0.29) is 5.25 Å². The Balaban J connectivity index is 2.36. The summed E-state index contributed by atoms with van der Waals surface area (Å²) < 4.78 is 26.9. The van der Waals surface area contributed by atoms with Crippen molar-refractivity contribution in [2.45, 2.75) is 49.4 Å². The first kappa shape index (κ1) is 17.5. The summed E-state index contributed by atoms with van der Waals surface area (Å²) in [5.41, 5.74) is -0.342. The van der Waals surface area contributed by atoms with Crippen molar-refractivity contribution in [2.24, 2.45) is 4.36 Å². The summed E-state index contributed by atoms with van der Waals surface area (Å²) in [6.45, 7) is 5.18. The van der Waals surface area contributed by atoms with Crippen LogP contribution in [0.3, 0.4) is 0 Å². The zero-order valence-corrected chi connectivity index (χ0v) is 14.5. The summed E-state index contributed by atoms with van der Waals surface area (Å²) in [7, 11) is -1.60. The van der Waals surface area contributed by atoms with Crippen LogP contribution in [0.15, 0.2) is 33.5 Å². The molecule has 0 aromatic heterocycles. The number of hydrogen-bond acceptors (Lipinski definition) is 5. The number of ether oxygens (including phenoxy) is 2. The van der Waals surface area contributed by atoms with Crippen molar-refractivity contribution in [1.82, 2.24) is 0 Å². The number of esters is 1. The molecule has 2 rings (SSSR count). The number of benzene rings is 1. The van der Waals surface area contributed by atoms with Crippen LogP contribution in [0.25, 0.3) is 0 Å². The molecule has 1 aliphatic carbocycles. The zero-order chi connectivity index (χ0) is 17.3. The summed E-state index contributed by atoms with van der Waals surface area (Å²) >= 11 is 0. The van der Waals surface area contributed by atoms with Crippen molar-refractivity contribution in [3.8, 4) is 0 Å². The van der Waals surface area contributed by atoms with Gasteiger partial charge in [0.2, 0.25) is 0 Å². The lowest BCUT2D eigenvalue weighted by molar-refractivity contribution is 0.0593. The quantitative estimate of drug-likeness (QED) is 0.788. The van der Waals surface area contributed by atoms with E-state index in [1.807, 2.05) is 0 Å². The van der Waals surface area contributed by atoms with Crippen LogP contribution < -0.4 is 0 Å². The highest BCUT2D eigenvalue weighted by molar-refractivity contribution is 7.94. The smallest absolute Gasteiger partial charge is 0.442 e. The minimum absolute atomic E-state index is 0.154. The normalized spacial score (nSPS) is 17.0. The van der Waals surface area contributed by atoms with Gasteiger partial charge in [-0.15, -0.1) is 4.36 Å². The first-order valence-electron chi connectivity index (χ1n) is 7.33. The Labute approximate surface area is 136 Å². The van der Waals surface area contributed by atoms with Crippen LogP contribution in [0, 0.1) is 0 Å². The lowest BCUT2D eigenvalue weighted by Gasteiger charge is -2.18. The molecule has 1 amide bonds. The van der Waals surface area contributed by atoms with Gasteiger partial charge in [-0.1, -0.05) is 0 Å². The number of carbonyl (C=O) groups excluding carboxylic acids is 2. The predicted molar refractivity (Wildman–Crippen MR) is 85.9 cm³/mol. The van der Waals surface area contributed by atoms with Gasteiger partial charge in [0, 0.05) is 10.1 Å². The Kier molecular flexibility index (Phi) is 4.79. The third-order valence-corrected chi connectivity index (χ3v) is 5.94. The maximum absolute atomic E-state index is 13.2. The van der Waals surface area contributed by atoms with Crippen molar-refractivity contribution in [3.63, 3.8) is 0 Å². The average Bonchev–Trinajstić information content (AvgIpc) is 3.29. The highest BCUT2D eigenvalue weighted by Crippen LogP contribution is 2.36.